The lowest BCUT2D eigenvalue weighted by molar-refractivity contribution is -0.193. The van der Waals surface area contributed by atoms with Crippen LogP contribution in [0.1, 0.15) is 37.3 Å². The Morgan fingerprint density at radius 1 is 0.897 bits per heavy atom. The SMILES string of the molecule is CC1c2ncc(CN3CCN(C)CC3)n2CCN1C(=O)C1CC=CC1.O=C(O)C(F)(F)F.O=C(O)C(F)(F)F. The van der Waals surface area contributed by atoms with E-state index in [2.05, 4.69) is 40.5 Å². The van der Waals surface area contributed by atoms with Crippen molar-refractivity contribution in [3.63, 3.8) is 0 Å². The molecule has 220 valence electrons. The number of hydrogen-bond acceptors (Lipinski definition) is 6. The van der Waals surface area contributed by atoms with E-state index < -0.39 is 24.3 Å². The first kappa shape index (κ1) is 32.1. The predicted octanol–water partition coefficient (Wildman–Crippen LogP) is 2.77. The molecule has 4 rings (SSSR count). The van der Waals surface area contributed by atoms with Crippen LogP contribution < -0.4 is 0 Å². The van der Waals surface area contributed by atoms with E-state index in [0.29, 0.717) is 5.91 Å². The normalized spacial score (nSPS) is 20.4. The van der Waals surface area contributed by atoms with Crippen LogP contribution in [0.3, 0.4) is 0 Å². The Labute approximate surface area is 220 Å². The molecule has 0 aromatic carbocycles. The van der Waals surface area contributed by atoms with Crippen LogP contribution in [0.5, 0.6) is 0 Å². The number of amides is 1. The number of carboxylic acids is 2. The zero-order valence-corrected chi connectivity index (χ0v) is 21.4. The number of allylic oxidation sites excluding steroid dienone is 2. The van der Waals surface area contributed by atoms with Crippen molar-refractivity contribution in [2.75, 3.05) is 39.8 Å². The third-order valence-corrected chi connectivity index (χ3v) is 6.48. The van der Waals surface area contributed by atoms with Gasteiger partial charge in [-0.15, -0.1) is 0 Å². The Bertz CT molecular complexity index is 1000. The van der Waals surface area contributed by atoms with Gasteiger partial charge in [0.05, 0.1) is 11.7 Å². The molecule has 1 fully saturated rings. The molecule has 3 heterocycles. The number of halogens is 6. The van der Waals surface area contributed by atoms with Crippen LogP contribution in [0.25, 0.3) is 0 Å². The summed E-state index contributed by atoms with van der Waals surface area (Å²) in [6.07, 6.45) is -2.09. The molecule has 1 aromatic heterocycles. The molecule has 39 heavy (non-hydrogen) atoms. The predicted molar refractivity (Wildman–Crippen MR) is 124 cm³/mol. The highest BCUT2D eigenvalue weighted by Crippen LogP contribution is 2.30. The molecule has 0 radical (unpaired) electrons. The molecular weight excluding hydrogens is 540 g/mol. The molecule has 1 atom stereocenters. The van der Waals surface area contributed by atoms with Crippen molar-refractivity contribution in [1.29, 1.82) is 0 Å². The fraction of sp³-hybridized carbons (Fsp3) is 0.652. The third-order valence-electron chi connectivity index (χ3n) is 6.48. The first-order valence-electron chi connectivity index (χ1n) is 12.0. The number of fused-ring (bicyclic) bond motifs is 1. The van der Waals surface area contributed by atoms with E-state index in [1.807, 2.05) is 11.1 Å². The summed E-state index contributed by atoms with van der Waals surface area (Å²) in [5, 5.41) is 14.2. The number of carbonyl (C=O) groups excluding carboxylic acids is 1. The van der Waals surface area contributed by atoms with Gasteiger partial charge in [0.2, 0.25) is 5.91 Å². The van der Waals surface area contributed by atoms with E-state index in [9.17, 15) is 31.1 Å². The highest BCUT2D eigenvalue weighted by molar-refractivity contribution is 5.80. The summed E-state index contributed by atoms with van der Waals surface area (Å²) < 4.78 is 65.8. The Morgan fingerprint density at radius 3 is 1.85 bits per heavy atom. The van der Waals surface area contributed by atoms with Crippen LogP contribution in [0, 0.1) is 5.92 Å². The fourth-order valence-electron chi connectivity index (χ4n) is 4.28. The Hall–Kier alpha value is -3.14. The fourth-order valence-corrected chi connectivity index (χ4v) is 4.28. The minimum absolute atomic E-state index is 0.0723. The lowest BCUT2D eigenvalue weighted by atomic mass is 10.0. The Kier molecular flexibility index (Phi) is 10.9. The number of aromatic nitrogens is 2. The van der Waals surface area contributed by atoms with Gasteiger partial charge >= 0.3 is 24.3 Å². The van der Waals surface area contributed by atoms with Gasteiger partial charge in [-0.05, 0) is 26.8 Å². The summed E-state index contributed by atoms with van der Waals surface area (Å²) in [6, 6.07) is 0.0723. The minimum atomic E-state index is -5.08. The van der Waals surface area contributed by atoms with Crippen molar-refractivity contribution in [1.82, 2.24) is 24.3 Å². The van der Waals surface area contributed by atoms with Gasteiger partial charge in [-0.2, -0.15) is 26.3 Å². The Balaban J connectivity index is 0.000000317. The molecule has 1 aromatic rings. The largest absolute Gasteiger partial charge is 0.490 e. The van der Waals surface area contributed by atoms with Gasteiger partial charge in [-0.25, -0.2) is 14.6 Å². The first-order chi connectivity index (χ1) is 18.0. The molecule has 1 amide bonds. The van der Waals surface area contributed by atoms with Crippen molar-refractivity contribution in [3.8, 4) is 0 Å². The van der Waals surface area contributed by atoms with E-state index in [4.69, 9.17) is 24.8 Å². The van der Waals surface area contributed by atoms with E-state index >= 15 is 0 Å². The van der Waals surface area contributed by atoms with E-state index in [1.54, 1.807) is 0 Å². The van der Waals surface area contributed by atoms with E-state index in [-0.39, 0.29) is 12.0 Å². The number of carbonyl (C=O) groups is 3. The van der Waals surface area contributed by atoms with Crippen LogP contribution in [0.15, 0.2) is 18.3 Å². The number of imidazole rings is 1. The van der Waals surface area contributed by atoms with Gasteiger partial charge in [0, 0.05) is 57.9 Å². The van der Waals surface area contributed by atoms with Crippen LogP contribution >= 0.6 is 0 Å². The maximum absolute atomic E-state index is 12.8. The Morgan fingerprint density at radius 2 is 1.38 bits per heavy atom. The standard InChI is InChI=1S/C19H29N5O.2C2HF3O2/c1-15-18-20-13-17(14-22-9-7-21(2)8-10-22)24(18)12-11-23(15)19(25)16-5-3-4-6-16;2*3-2(4,5)1(6)7/h3-4,13,15-16H,5-12,14H2,1-2H3;2*(H,6,7). The highest BCUT2D eigenvalue weighted by atomic mass is 19.4. The molecular formula is C23H31F6N5O5. The number of aliphatic carboxylic acids is 2. The molecule has 0 saturated carbocycles. The van der Waals surface area contributed by atoms with Crippen molar-refractivity contribution < 1.29 is 50.9 Å². The van der Waals surface area contributed by atoms with Gasteiger partial charge in [0.25, 0.3) is 0 Å². The summed E-state index contributed by atoms with van der Waals surface area (Å²) in [5.74, 6) is -4.02. The lowest BCUT2D eigenvalue weighted by Gasteiger charge is -2.37. The second-order valence-corrected chi connectivity index (χ2v) is 9.29. The molecule has 10 nitrogen and oxygen atoms in total. The number of carboxylic acid groups (broad SMARTS) is 2. The van der Waals surface area contributed by atoms with Gasteiger partial charge < -0.3 is 24.6 Å². The summed E-state index contributed by atoms with van der Waals surface area (Å²) in [6.45, 7) is 9.26. The lowest BCUT2D eigenvalue weighted by Crippen LogP contribution is -2.45. The summed E-state index contributed by atoms with van der Waals surface area (Å²) >= 11 is 0. The number of piperazine rings is 1. The maximum Gasteiger partial charge on any atom is 0.490 e. The smallest absolute Gasteiger partial charge is 0.475 e. The van der Waals surface area contributed by atoms with E-state index in [0.717, 1.165) is 64.5 Å². The highest BCUT2D eigenvalue weighted by Gasteiger charge is 2.39. The average molecular weight is 572 g/mol. The topological polar surface area (TPSA) is 119 Å². The van der Waals surface area contributed by atoms with Crippen molar-refractivity contribution in [2.24, 2.45) is 5.92 Å². The summed E-state index contributed by atoms with van der Waals surface area (Å²) in [5.41, 5.74) is 1.29. The monoisotopic (exact) mass is 571 g/mol. The van der Waals surface area contributed by atoms with Crippen molar-refractivity contribution >= 4 is 17.8 Å². The molecule has 1 saturated heterocycles. The number of rotatable bonds is 3. The van der Waals surface area contributed by atoms with Gasteiger partial charge in [-0.3, -0.25) is 9.69 Å². The maximum atomic E-state index is 12.8. The minimum Gasteiger partial charge on any atom is -0.475 e. The quantitative estimate of drug-likeness (QED) is 0.420. The number of alkyl halides is 6. The van der Waals surface area contributed by atoms with Crippen LogP contribution in [-0.4, -0.2) is 104 Å². The molecule has 1 aliphatic carbocycles. The molecule has 3 aliphatic rings. The second-order valence-electron chi connectivity index (χ2n) is 9.29. The molecule has 16 heteroatoms. The van der Waals surface area contributed by atoms with Gasteiger partial charge in [0.1, 0.15) is 5.82 Å². The van der Waals surface area contributed by atoms with E-state index in [1.165, 1.54) is 5.69 Å². The summed E-state index contributed by atoms with van der Waals surface area (Å²) in [7, 11) is 2.19. The van der Waals surface area contributed by atoms with Crippen molar-refractivity contribution in [2.45, 2.75) is 51.2 Å². The zero-order chi connectivity index (χ0) is 29.5. The van der Waals surface area contributed by atoms with Crippen molar-refractivity contribution in [3.05, 3.63) is 29.9 Å². The zero-order valence-electron chi connectivity index (χ0n) is 21.4. The second kappa shape index (κ2) is 13.3. The third kappa shape index (κ3) is 9.23. The number of nitrogens with zero attached hydrogens (tertiary/aromatic N) is 5. The molecule has 1 unspecified atom stereocenters. The van der Waals surface area contributed by atoms with Crippen LogP contribution in [-0.2, 0) is 27.5 Å². The molecule has 2 N–H and O–H groups in total. The van der Waals surface area contributed by atoms with Crippen LogP contribution in [0.2, 0.25) is 0 Å². The van der Waals surface area contributed by atoms with Gasteiger partial charge in [-0.1, -0.05) is 12.2 Å². The number of hydrogen-bond donors (Lipinski definition) is 2. The van der Waals surface area contributed by atoms with Gasteiger partial charge in [0.15, 0.2) is 0 Å². The molecule has 2 aliphatic heterocycles. The first-order valence-corrected chi connectivity index (χ1v) is 12.0. The average Bonchev–Trinajstić information content (AvgIpc) is 3.51. The van der Waals surface area contributed by atoms with Crippen LogP contribution in [0.4, 0.5) is 26.3 Å². The molecule has 0 spiro atoms. The number of likely N-dealkylation sites (N-methyl/N-ethyl adjacent to an activating group) is 1. The summed E-state index contributed by atoms with van der Waals surface area (Å²) in [4.78, 5) is 42.2. The molecule has 0 bridgehead atoms.